The number of H-pyrrole nitrogens is 1. The second-order valence-corrected chi connectivity index (χ2v) is 5.38. The minimum absolute atomic E-state index is 0.0883. The molecule has 0 atom stereocenters. The minimum atomic E-state index is -3.32. The van der Waals surface area contributed by atoms with E-state index in [2.05, 4.69) is 19.8 Å². The Morgan fingerprint density at radius 2 is 2.28 bits per heavy atom. The molecule has 0 amide bonds. The van der Waals surface area contributed by atoms with Crippen molar-refractivity contribution in [3.05, 3.63) is 34.6 Å². The highest BCUT2D eigenvalue weighted by atomic mass is 32.2. The van der Waals surface area contributed by atoms with Crippen LogP contribution in [-0.2, 0) is 16.6 Å². The molecule has 2 aromatic heterocycles. The molecule has 0 fully saturated rings. The van der Waals surface area contributed by atoms with Crippen molar-refractivity contribution in [3.8, 4) is 11.4 Å². The van der Waals surface area contributed by atoms with E-state index in [1.54, 1.807) is 6.07 Å². The summed E-state index contributed by atoms with van der Waals surface area (Å²) in [6.45, 7) is -0.0883. The predicted molar refractivity (Wildman–Crippen MR) is 62.0 cm³/mol. The smallest absolute Gasteiger partial charge is 0.248 e. The molecule has 0 spiro atoms. The zero-order chi connectivity index (χ0) is 13.2. The van der Waals surface area contributed by atoms with E-state index in [-0.39, 0.29) is 23.8 Å². The zero-order valence-electron chi connectivity index (χ0n) is 9.37. The second kappa shape index (κ2) is 4.70. The Balaban J connectivity index is 2.18. The van der Waals surface area contributed by atoms with Crippen LogP contribution < -0.4 is 10.3 Å². The van der Waals surface area contributed by atoms with Crippen molar-refractivity contribution in [2.45, 2.75) is 6.54 Å². The number of aromatic nitrogens is 3. The summed E-state index contributed by atoms with van der Waals surface area (Å²) in [5.41, 5.74) is 0.209. The Kier molecular flexibility index (Phi) is 3.26. The fraction of sp³-hybridized carbons (Fsp3) is 0.222. The first-order valence-corrected chi connectivity index (χ1v) is 6.79. The number of nitrogens with zero attached hydrogens (tertiary/aromatic N) is 2. The molecule has 2 N–H and O–H groups in total. The van der Waals surface area contributed by atoms with E-state index in [9.17, 15) is 13.2 Å². The first-order valence-electron chi connectivity index (χ1n) is 4.90. The van der Waals surface area contributed by atoms with E-state index >= 15 is 0 Å². The van der Waals surface area contributed by atoms with E-state index in [1.807, 2.05) is 0 Å². The van der Waals surface area contributed by atoms with Crippen LogP contribution in [0.2, 0.25) is 0 Å². The minimum Gasteiger partial charge on any atom is -0.338 e. The fourth-order valence-electron chi connectivity index (χ4n) is 1.22. The monoisotopic (exact) mass is 270 g/mol. The molecule has 0 aliphatic heterocycles. The number of pyridine rings is 1. The molecule has 0 aromatic carbocycles. The summed E-state index contributed by atoms with van der Waals surface area (Å²) in [7, 11) is -3.32. The van der Waals surface area contributed by atoms with Crippen LogP contribution >= 0.6 is 0 Å². The lowest BCUT2D eigenvalue weighted by molar-refractivity contribution is 0.376. The maximum absolute atomic E-state index is 11.1. The van der Waals surface area contributed by atoms with Gasteiger partial charge in [0.1, 0.15) is 0 Å². The zero-order valence-corrected chi connectivity index (χ0v) is 10.2. The van der Waals surface area contributed by atoms with Gasteiger partial charge in [-0.05, 0) is 6.07 Å². The van der Waals surface area contributed by atoms with Crippen molar-refractivity contribution in [2.75, 3.05) is 6.26 Å². The van der Waals surface area contributed by atoms with Gasteiger partial charge in [0.2, 0.25) is 27.3 Å². The van der Waals surface area contributed by atoms with Crippen LogP contribution in [0.3, 0.4) is 0 Å². The third-order valence-electron chi connectivity index (χ3n) is 1.99. The highest BCUT2D eigenvalue weighted by Crippen LogP contribution is 2.12. The number of nitrogens with one attached hydrogen (secondary N) is 2. The van der Waals surface area contributed by atoms with Gasteiger partial charge in [-0.2, -0.15) is 4.98 Å². The first kappa shape index (κ1) is 12.5. The van der Waals surface area contributed by atoms with Gasteiger partial charge in [-0.3, -0.25) is 4.79 Å². The maximum Gasteiger partial charge on any atom is 0.248 e. The molecule has 2 rings (SSSR count). The molecule has 18 heavy (non-hydrogen) atoms. The van der Waals surface area contributed by atoms with Crippen molar-refractivity contribution in [1.82, 2.24) is 19.8 Å². The topological polar surface area (TPSA) is 118 Å². The first-order chi connectivity index (χ1) is 8.44. The predicted octanol–water partition coefficient (Wildman–Crippen LogP) is -0.526. The standard InChI is InChI=1S/C9H10N4O4S/c1-18(15,16)11-5-8-12-9(13-17-8)6-2-3-10-7(14)4-6/h2-4,11H,5H2,1H3,(H,10,14). The van der Waals surface area contributed by atoms with Gasteiger partial charge in [0, 0.05) is 17.8 Å². The molecule has 8 nitrogen and oxygen atoms in total. The molecule has 0 bridgehead atoms. The molecule has 2 heterocycles. The number of rotatable bonds is 4. The Hall–Kier alpha value is -2.00. The third-order valence-corrected chi connectivity index (χ3v) is 2.66. The molecule has 96 valence electrons. The number of hydrogen-bond donors (Lipinski definition) is 2. The van der Waals surface area contributed by atoms with Gasteiger partial charge in [0.05, 0.1) is 12.8 Å². The Morgan fingerprint density at radius 1 is 1.50 bits per heavy atom. The van der Waals surface area contributed by atoms with Crippen molar-refractivity contribution < 1.29 is 12.9 Å². The summed E-state index contributed by atoms with van der Waals surface area (Å²) in [5, 5.41) is 3.65. The van der Waals surface area contributed by atoms with Crippen LogP contribution in [-0.4, -0.2) is 29.8 Å². The fourth-order valence-corrected chi connectivity index (χ4v) is 1.61. The van der Waals surface area contributed by atoms with Crippen LogP contribution in [0, 0.1) is 0 Å². The highest BCUT2D eigenvalue weighted by molar-refractivity contribution is 7.88. The van der Waals surface area contributed by atoms with E-state index in [0.717, 1.165) is 6.26 Å². The van der Waals surface area contributed by atoms with Gasteiger partial charge in [-0.25, -0.2) is 13.1 Å². The molecule has 0 aliphatic rings. The quantitative estimate of drug-likeness (QED) is 0.771. The number of aromatic amines is 1. The Morgan fingerprint density at radius 3 is 2.94 bits per heavy atom. The van der Waals surface area contributed by atoms with Crippen LogP contribution in [0.4, 0.5) is 0 Å². The van der Waals surface area contributed by atoms with E-state index < -0.39 is 10.0 Å². The molecule has 0 unspecified atom stereocenters. The highest BCUT2D eigenvalue weighted by Gasteiger charge is 2.10. The SMILES string of the molecule is CS(=O)(=O)NCc1nc(-c2cc[nH]c(=O)c2)no1. The van der Waals surface area contributed by atoms with E-state index in [1.165, 1.54) is 12.3 Å². The van der Waals surface area contributed by atoms with Gasteiger partial charge in [-0.1, -0.05) is 5.16 Å². The Labute approximate surface area is 102 Å². The second-order valence-electron chi connectivity index (χ2n) is 3.55. The van der Waals surface area contributed by atoms with Gasteiger partial charge in [0.25, 0.3) is 0 Å². The van der Waals surface area contributed by atoms with Crippen molar-refractivity contribution in [2.24, 2.45) is 0 Å². The van der Waals surface area contributed by atoms with Gasteiger partial charge in [0.15, 0.2) is 0 Å². The molecular weight excluding hydrogens is 260 g/mol. The Bertz CT molecular complexity index is 703. The molecule has 0 saturated carbocycles. The molecule has 0 radical (unpaired) electrons. The lowest BCUT2D eigenvalue weighted by Gasteiger charge is -1.95. The summed E-state index contributed by atoms with van der Waals surface area (Å²) in [4.78, 5) is 17.5. The molecule has 9 heteroatoms. The average molecular weight is 270 g/mol. The average Bonchev–Trinajstić information content (AvgIpc) is 2.74. The lowest BCUT2D eigenvalue weighted by atomic mass is 10.2. The van der Waals surface area contributed by atoms with Crippen molar-refractivity contribution in [1.29, 1.82) is 0 Å². The molecule has 2 aromatic rings. The van der Waals surface area contributed by atoms with Crippen LogP contribution in [0.15, 0.2) is 27.6 Å². The van der Waals surface area contributed by atoms with Gasteiger partial charge < -0.3 is 9.51 Å². The van der Waals surface area contributed by atoms with Crippen molar-refractivity contribution in [3.63, 3.8) is 0 Å². The number of hydrogen-bond acceptors (Lipinski definition) is 6. The summed E-state index contributed by atoms with van der Waals surface area (Å²) >= 11 is 0. The summed E-state index contributed by atoms with van der Waals surface area (Å²) in [6.07, 6.45) is 2.49. The lowest BCUT2D eigenvalue weighted by Crippen LogP contribution is -2.21. The summed E-state index contributed by atoms with van der Waals surface area (Å²) in [5.74, 6) is 0.349. The number of sulfonamides is 1. The summed E-state index contributed by atoms with van der Waals surface area (Å²) < 4.78 is 28.8. The third kappa shape index (κ3) is 3.25. The van der Waals surface area contributed by atoms with Crippen LogP contribution in [0.1, 0.15) is 5.89 Å². The van der Waals surface area contributed by atoms with Crippen LogP contribution in [0.25, 0.3) is 11.4 Å². The summed E-state index contributed by atoms with van der Waals surface area (Å²) in [6, 6.07) is 2.93. The van der Waals surface area contributed by atoms with Gasteiger partial charge in [-0.15, -0.1) is 0 Å². The molecule has 0 saturated heterocycles. The maximum atomic E-state index is 11.1. The van der Waals surface area contributed by atoms with Crippen LogP contribution in [0.5, 0.6) is 0 Å². The van der Waals surface area contributed by atoms with E-state index in [4.69, 9.17) is 4.52 Å². The van der Waals surface area contributed by atoms with Gasteiger partial charge >= 0.3 is 0 Å². The molecular formula is C9H10N4O4S. The normalized spacial score (nSPS) is 11.6. The largest absolute Gasteiger partial charge is 0.338 e. The molecule has 0 aliphatic carbocycles. The van der Waals surface area contributed by atoms with E-state index in [0.29, 0.717) is 5.56 Å². The van der Waals surface area contributed by atoms with Crippen molar-refractivity contribution >= 4 is 10.0 Å².